The molecule has 4 aromatic rings. The number of amides is 1. The molecular formula is C29H28N4O3. The summed E-state index contributed by atoms with van der Waals surface area (Å²) in [6.45, 7) is 3.78. The van der Waals surface area contributed by atoms with Crippen LogP contribution in [0.25, 0.3) is 5.69 Å². The largest absolute Gasteiger partial charge is 0.480 e. The Labute approximate surface area is 209 Å². The SMILES string of the molecule is Cc1cc(-n2cnc3c2CC(C(=O)O)N(C(=O)C(c2ccccc2)c2ccccc2)C3C)ccc1N. The van der Waals surface area contributed by atoms with Gasteiger partial charge in [-0.15, -0.1) is 0 Å². The second kappa shape index (κ2) is 9.34. The first-order chi connectivity index (χ1) is 17.4. The van der Waals surface area contributed by atoms with Crippen LogP contribution in [0.1, 0.15) is 47.0 Å². The molecule has 3 N–H and O–H groups in total. The van der Waals surface area contributed by atoms with Gasteiger partial charge < -0.3 is 20.3 Å². The zero-order valence-corrected chi connectivity index (χ0v) is 20.2. The molecule has 7 heteroatoms. The summed E-state index contributed by atoms with van der Waals surface area (Å²) in [5, 5.41) is 10.3. The van der Waals surface area contributed by atoms with Crippen LogP contribution in [0.2, 0.25) is 0 Å². The van der Waals surface area contributed by atoms with Crippen molar-refractivity contribution in [1.82, 2.24) is 14.5 Å². The third-order valence-corrected chi connectivity index (χ3v) is 7.02. The fourth-order valence-corrected chi connectivity index (χ4v) is 5.12. The fraction of sp³-hybridized carbons (Fsp3) is 0.207. The lowest BCUT2D eigenvalue weighted by atomic mass is 9.87. The Morgan fingerprint density at radius 1 is 1.00 bits per heavy atom. The quantitative estimate of drug-likeness (QED) is 0.410. The molecule has 2 atom stereocenters. The summed E-state index contributed by atoms with van der Waals surface area (Å²) in [5.41, 5.74) is 11.6. The van der Waals surface area contributed by atoms with Crippen molar-refractivity contribution in [3.63, 3.8) is 0 Å². The second-order valence-corrected chi connectivity index (χ2v) is 9.22. The van der Waals surface area contributed by atoms with E-state index in [-0.39, 0.29) is 12.3 Å². The number of anilines is 1. The summed E-state index contributed by atoms with van der Waals surface area (Å²) in [7, 11) is 0. The molecule has 1 amide bonds. The molecule has 2 heterocycles. The number of imidazole rings is 1. The minimum atomic E-state index is -1.04. The van der Waals surface area contributed by atoms with Crippen molar-refractivity contribution in [2.75, 3.05) is 5.73 Å². The predicted molar refractivity (Wildman–Crippen MR) is 138 cm³/mol. The van der Waals surface area contributed by atoms with Gasteiger partial charge in [-0.3, -0.25) is 4.79 Å². The van der Waals surface area contributed by atoms with Gasteiger partial charge in [-0.1, -0.05) is 60.7 Å². The van der Waals surface area contributed by atoms with Crippen LogP contribution in [0.3, 0.4) is 0 Å². The van der Waals surface area contributed by atoms with Crippen LogP contribution in [0.4, 0.5) is 5.69 Å². The van der Waals surface area contributed by atoms with Gasteiger partial charge in [-0.2, -0.15) is 0 Å². The number of aliphatic carboxylic acids is 1. The van der Waals surface area contributed by atoms with Gasteiger partial charge in [-0.05, 0) is 48.7 Å². The van der Waals surface area contributed by atoms with Crippen LogP contribution in [0.5, 0.6) is 0 Å². The number of carboxylic acids is 1. The molecule has 182 valence electrons. The number of nitrogens with two attached hydrogens (primary N) is 1. The van der Waals surface area contributed by atoms with Gasteiger partial charge in [0.2, 0.25) is 5.91 Å². The maximum Gasteiger partial charge on any atom is 0.326 e. The number of fused-ring (bicyclic) bond motifs is 1. The average molecular weight is 481 g/mol. The molecule has 0 saturated heterocycles. The first-order valence-corrected chi connectivity index (χ1v) is 11.9. The van der Waals surface area contributed by atoms with Gasteiger partial charge in [0.25, 0.3) is 0 Å². The van der Waals surface area contributed by atoms with Crippen molar-refractivity contribution in [1.29, 1.82) is 0 Å². The number of hydrogen-bond donors (Lipinski definition) is 2. The number of rotatable bonds is 5. The van der Waals surface area contributed by atoms with E-state index in [2.05, 4.69) is 4.98 Å². The molecule has 36 heavy (non-hydrogen) atoms. The van der Waals surface area contributed by atoms with Crippen LogP contribution < -0.4 is 5.73 Å². The van der Waals surface area contributed by atoms with E-state index in [9.17, 15) is 14.7 Å². The molecule has 0 spiro atoms. The number of hydrogen-bond acceptors (Lipinski definition) is 4. The smallest absolute Gasteiger partial charge is 0.326 e. The van der Waals surface area contributed by atoms with Gasteiger partial charge >= 0.3 is 5.97 Å². The molecule has 0 radical (unpaired) electrons. The Kier molecular flexibility index (Phi) is 6.06. The highest BCUT2D eigenvalue weighted by molar-refractivity contribution is 5.91. The molecule has 1 aromatic heterocycles. The zero-order chi connectivity index (χ0) is 25.4. The topological polar surface area (TPSA) is 101 Å². The van der Waals surface area contributed by atoms with E-state index in [1.807, 2.05) is 97.3 Å². The van der Waals surface area contributed by atoms with E-state index >= 15 is 0 Å². The number of nitrogens with zero attached hydrogens (tertiary/aromatic N) is 3. The summed E-state index contributed by atoms with van der Waals surface area (Å²) in [6.07, 6.45) is 1.85. The number of benzene rings is 3. The molecule has 1 aliphatic rings. The summed E-state index contributed by atoms with van der Waals surface area (Å²) in [5.74, 6) is -1.92. The summed E-state index contributed by atoms with van der Waals surface area (Å²) in [4.78, 5) is 32.9. The maximum absolute atomic E-state index is 14.2. The minimum absolute atomic E-state index is 0.153. The standard InChI is InChI=1S/C29H28N4O3/c1-18-15-22(13-14-23(18)30)32-17-31-27-19(2)33(25(29(35)36)16-24(27)32)28(34)26(20-9-5-3-6-10-20)21-11-7-4-8-12-21/h3-15,17,19,25-26H,16,30H2,1-2H3,(H,35,36). The predicted octanol–water partition coefficient (Wildman–Crippen LogP) is 4.49. The highest BCUT2D eigenvalue weighted by Gasteiger charge is 2.44. The molecular weight excluding hydrogens is 452 g/mol. The number of carbonyl (C=O) groups is 2. The molecule has 0 saturated carbocycles. The van der Waals surface area contributed by atoms with Crippen molar-refractivity contribution in [3.8, 4) is 5.69 Å². The van der Waals surface area contributed by atoms with Gasteiger partial charge in [-0.25, -0.2) is 9.78 Å². The minimum Gasteiger partial charge on any atom is -0.480 e. The average Bonchev–Trinajstić information content (AvgIpc) is 3.31. The number of aryl methyl sites for hydroxylation is 1. The highest BCUT2D eigenvalue weighted by atomic mass is 16.4. The third-order valence-electron chi connectivity index (χ3n) is 7.02. The monoisotopic (exact) mass is 480 g/mol. The van der Waals surface area contributed by atoms with Crippen molar-refractivity contribution >= 4 is 17.6 Å². The zero-order valence-electron chi connectivity index (χ0n) is 20.2. The molecule has 7 nitrogen and oxygen atoms in total. The fourth-order valence-electron chi connectivity index (χ4n) is 5.12. The lowest BCUT2D eigenvalue weighted by Crippen LogP contribution is -2.52. The van der Waals surface area contributed by atoms with Crippen molar-refractivity contribution in [2.24, 2.45) is 0 Å². The van der Waals surface area contributed by atoms with Gasteiger partial charge in [0.15, 0.2) is 0 Å². The van der Waals surface area contributed by atoms with Crippen LogP contribution in [0.15, 0.2) is 85.2 Å². The van der Waals surface area contributed by atoms with Crippen molar-refractivity contribution in [2.45, 2.75) is 38.3 Å². The van der Waals surface area contributed by atoms with E-state index in [1.54, 1.807) is 6.33 Å². The van der Waals surface area contributed by atoms with Crippen molar-refractivity contribution in [3.05, 3.63) is 113 Å². The molecule has 0 bridgehead atoms. The van der Waals surface area contributed by atoms with Gasteiger partial charge in [0.1, 0.15) is 6.04 Å². The lowest BCUT2D eigenvalue weighted by molar-refractivity contribution is -0.153. The Morgan fingerprint density at radius 3 is 2.17 bits per heavy atom. The molecule has 2 unspecified atom stereocenters. The normalized spacial score (nSPS) is 17.1. The third kappa shape index (κ3) is 4.02. The molecule has 1 aliphatic heterocycles. The summed E-state index contributed by atoms with van der Waals surface area (Å²) < 4.78 is 1.90. The number of carboxylic acid groups (broad SMARTS) is 1. The van der Waals surface area contributed by atoms with E-state index in [0.29, 0.717) is 11.4 Å². The first kappa shape index (κ1) is 23.4. The maximum atomic E-state index is 14.2. The van der Waals surface area contributed by atoms with Crippen LogP contribution in [-0.2, 0) is 16.0 Å². The highest BCUT2D eigenvalue weighted by Crippen LogP contribution is 2.38. The van der Waals surface area contributed by atoms with Crippen LogP contribution >= 0.6 is 0 Å². The summed E-state index contributed by atoms with van der Waals surface area (Å²) >= 11 is 0. The van der Waals surface area contributed by atoms with Crippen LogP contribution in [-0.4, -0.2) is 37.5 Å². The number of aromatic nitrogens is 2. The van der Waals surface area contributed by atoms with E-state index in [0.717, 1.165) is 28.1 Å². The Morgan fingerprint density at radius 2 is 1.61 bits per heavy atom. The van der Waals surface area contributed by atoms with Crippen molar-refractivity contribution < 1.29 is 14.7 Å². The Bertz CT molecular complexity index is 1380. The molecule has 0 aliphatic carbocycles. The van der Waals surface area contributed by atoms with E-state index in [4.69, 9.17) is 5.73 Å². The van der Waals surface area contributed by atoms with Gasteiger partial charge in [0, 0.05) is 17.8 Å². The lowest BCUT2D eigenvalue weighted by Gasteiger charge is -2.40. The summed E-state index contributed by atoms with van der Waals surface area (Å²) in [6, 6.07) is 23.1. The van der Waals surface area contributed by atoms with Gasteiger partial charge in [0.05, 0.1) is 29.7 Å². The van der Waals surface area contributed by atoms with Crippen LogP contribution in [0, 0.1) is 6.92 Å². The number of carbonyl (C=O) groups excluding carboxylic acids is 1. The first-order valence-electron chi connectivity index (χ1n) is 11.9. The molecule has 3 aromatic carbocycles. The van der Waals surface area contributed by atoms with E-state index < -0.39 is 24.0 Å². The Balaban J connectivity index is 1.59. The molecule has 0 fully saturated rings. The van der Waals surface area contributed by atoms with E-state index in [1.165, 1.54) is 4.90 Å². The second-order valence-electron chi connectivity index (χ2n) is 9.22. The number of nitrogen functional groups attached to an aromatic ring is 1. The molecule has 5 rings (SSSR count). The Hall–Kier alpha value is -4.39.